The molecule has 0 radical (unpaired) electrons. The first-order valence-corrected chi connectivity index (χ1v) is 8.13. The number of rotatable bonds is 6. The Kier molecular flexibility index (Phi) is 6.76. The van der Waals surface area contributed by atoms with Gasteiger partial charge in [-0.25, -0.2) is 0 Å². The van der Waals surface area contributed by atoms with Crippen molar-refractivity contribution in [2.45, 2.75) is 44.7 Å². The van der Waals surface area contributed by atoms with Crippen molar-refractivity contribution in [2.75, 3.05) is 13.9 Å². The summed E-state index contributed by atoms with van der Waals surface area (Å²) in [5, 5.41) is 0. The van der Waals surface area contributed by atoms with Gasteiger partial charge in [-0.1, -0.05) is 12.1 Å². The third-order valence-electron chi connectivity index (χ3n) is 2.98. The first kappa shape index (κ1) is 20.1. The molecular weight excluding hydrogens is 331 g/mol. The molecule has 0 aliphatic carbocycles. The minimum absolute atomic E-state index is 0.273. The third-order valence-corrected chi connectivity index (χ3v) is 4.66. The van der Waals surface area contributed by atoms with Crippen molar-refractivity contribution in [1.29, 1.82) is 0 Å². The number of hydrogen-bond acceptors (Lipinski definition) is 4. The molecule has 0 fully saturated rings. The highest BCUT2D eigenvalue weighted by Crippen LogP contribution is 2.40. The van der Waals surface area contributed by atoms with Crippen LogP contribution >= 0.6 is 0 Å². The number of benzene rings is 1. The molecule has 0 spiro atoms. The van der Waals surface area contributed by atoms with E-state index in [4.69, 9.17) is 9.47 Å². The summed E-state index contributed by atoms with van der Waals surface area (Å²) in [5.41, 5.74) is -0.614. The molecule has 8 heteroatoms. The van der Waals surface area contributed by atoms with Crippen LogP contribution in [0.3, 0.4) is 0 Å². The lowest BCUT2D eigenvalue weighted by atomic mass is 10.0. The molecule has 0 saturated heterocycles. The second kappa shape index (κ2) is 7.74. The van der Waals surface area contributed by atoms with E-state index in [-0.39, 0.29) is 18.1 Å². The van der Waals surface area contributed by atoms with Gasteiger partial charge in [0.25, 0.3) is 0 Å². The lowest BCUT2D eigenvalue weighted by Crippen LogP contribution is -2.40. The van der Waals surface area contributed by atoms with Gasteiger partial charge < -0.3 is 14.0 Å². The van der Waals surface area contributed by atoms with Crippen LogP contribution in [0, 0.1) is 0 Å². The summed E-state index contributed by atoms with van der Waals surface area (Å²) in [5.74, 6) is -0.312. The van der Waals surface area contributed by atoms with Crippen molar-refractivity contribution >= 4 is 11.4 Å². The molecule has 1 aromatic rings. The number of nitrogens with one attached hydrogen (secondary N) is 1. The number of ether oxygens (including phenoxy) is 2. The van der Waals surface area contributed by atoms with Gasteiger partial charge in [-0.15, -0.1) is 4.72 Å². The summed E-state index contributed by atoms with van der Waals surface area (Å²) < 4.78 is 63.8. The molecule has 23 heavy (non-hydrogen) atoms. The van der Waals surface area contributed by atoms with Crippen LogP contribution in [0.1, 0.15) is 44.9 Å². The minimum Gasteiger partial charge on any atom is -0.598 e. The predicted octanol–water partition coefficient (Wildman–Crippen LogP) is 3.80. The fraction of sp³-hybridized carbons (Fsp3) is 0.600. The van der Waals surface area contributed by atoms with Crippen LogP contribution in [0.15, 0.2) is 18.2 Å². The Morgan fingerprint density at radius 3 is 2.35 bits per heavy atom. The van der Waals surface area contributed by atoms with Gasteiger partial charge in [0.2, 0.25) is 0 Å². The van der Waals surface area contributed by atoms with Crippen molar-refractivity contribution < 1.29 is 27.2 Å². The van der Waals surface area contributed by atoms with Crippen molar-refractivity contribution in [3.8, 4) is 5.75 Å². The van der Waals surface area contributed by atoms with Gasteiger partial charge in [0.15, 0.2) is 6.79 Å². The standard InChI is InChI=1S/C15H22F3NO3S/c1-10(19-23(20)14(2,3)4)11-7-6-8-12(15(16,17)18)13(11)22-9-21-5/h6-8,10,19H,9H2,1-5H3/t10-,23?/m1/s1. The first-order chi connectivity index (χ1) is 10.5. The molecule has 0 aliphatic rings. The average Bonchev–Trinajstić information content (AvgIpc) is 2.42. The maximum atomic E-state index is 13.2. The summed E-state index contributed by atoms with van der Waals surface area (Å²) in [6.07, 6.45) is -4.55. The Morgan fingerprint density at radius 1 is 1.26 bits per heavy atom. The molecule has 4 nitrogen and oxygen atoms in total. The van der Waals surface area contributed by atoms with Crippen LogP contribution in [0.2, 0.25) is 0 Å². The summed E-state index contributed by atoms with van der Waals surface area (Å²) in [7, 11) is 1.33. The molecule has 1 aromatic carbocycles. The van der Waals surface area contributed by atoms with E-state index in [2.05, 4.69) is 4.72 Å². The van der Waals surface area contributed by atoms with Crippen LogP contribution in [0.25, 0.3) is 0 Å². The topological polar surface area (TPSA) is 53.5 Å². The maximum absolute atomic E-state index is 13.2. The van der Waals surface area contributed by atoms with E-state index in [0.29, 0.717) is 0 Å². The summed E-state index contributed by atoms with van der Waals surface area (Å²) in [6.45, 7) is 6.65. The molecule has 0 aromatic heterocycles. The molecule has 2 atom stereocenters. The lowest BCUT2D eigenvalue weighted by Gasteiger charge is -2.27. The molecule has 0 saturated carbocycles. The monoisotopic (exact) mass is 353 g/mol. The lowest BCUT2D eigenvalue weighted by molar-refractivity contribution is -0.139. The van der Waals surface area contributed by atoms with E-state index in [1.54, 1.807) is 27.7 Å². The number of halogens is 3. The molecule has 132 valence electrons. The molecule has 0 aliphatic heterocycles. The van der Waals surface area contributed by atoms with Crippen molar-refractivity contribution in [1.82, 2.24) is 4.72 Å². The molecule has 0 bridgehead atoms. The highest BCUT2D eigenvalue weighted by atomic mass is 32.2. The largest absolute Gasteiger partial charge is 0.598 e. The summed E-state index contributed by atoms with van der Waals surface area (Å²) in [4.78, 5) is 0. The van der Waals surface area contributed by atoms with Gasteiger partial charge in [0.1, 0.15) is 10.5 Å². The predicted molar refractivity (Wildman–Crippen MR) is 83.4 cm³/mol. The van der Waals surface area contributed by atoms with E-state index in [0.717, 1.165) is 6.07 Å². The van der Waals surface area contributed by atoms with Gasteiger partial charge in [-0.3, -0.25) is 0 Å². The summed E-state index contributed by atoms with van der Waals surface area (Å²) in [6, 6.07) is 3.17. The van der Waals surface area contributed by atoms with Gasteiger partial charge >= 0.3 is 6.18 Å². The number of alkyl halides is 3. The van der Waals surface area contributed by atoms with E-state index in [1.807, 2.05) is 0 Å². The normalized spacial score (nSPS) is 15.3. The maximum Gasteiger partial charge on any atom is 0.419 e. The van der Waals surface area contributed by atoms with Crippen LogP contribution in [0.5, 0.6) is 5.75 Å². The minimum atomic E-state index is -4.55. The van der Waals surface area contributed by atoms with Crippen LogP contribution in [-0.4, -0.2) is 23.2 Å². The number of para-hydroxylation sites is 1. The second-order valence-corrected chi connectivity index (χ2v) is 7.99. The zero-order chi connectivity index (χ0) is 17.8. The Bertz CT molecular complexity index is 518. The zero-order valence-corrected chi connectivity index (χ0v) is 14.6. The zero-order valence-electron chi connectivity index (χ0n) is 13.8. The Hall–Kier alpha value is -0.960. The molecule has 0 heterocycles. The van der Waals surface area contributed by atoms with E-state index in [1.165, 1.54) is 19.2 Å². The Morgan fingerprint density at radius 2 is 1.87 bits per heavy atom. The van der Waals surface area contributed by atoms with E-state index >= 15 is 0 Å². The van der Waals surface area contributed by atoms with Crippen molar-refractivity contribution in [3.05, 3.63) is 29.3 Å². The fourth-order valence-corrected chi connectivity index (χ4v) is 2.60. The van der Waals surface area contributed by atoms with Crippen molar-refractivity contribution in [3.63, 3.8) is 0 Å². The van der Waals surface area contributed by atoms with Crippen LogP contribution < -0.4 is 9.46 Å². The smallest absolute Gasteiger partial charge is 0.419 e. The van der Waals surface area contributed by atoms with Crippen LogP contribution in [-0.2, 0) is 22.3 Å². The second-order valence-electron chi connectivity index (χ2n) is 5.99. The first-order valence-electron chi connectivity index (χ1n) is 6.98. The highest BCUT2D eigenvalue weighted by Gasteiger charge is 2.37. The molecule has 0 amide bonds. The van der Waals surface area contributed by atoms with E-state index in [9.17, 15) is 17.7 Å². The Balaban J connectivity index is 3.18. The van der Waals surface area contributed by atoms with Gasteiger partial charge in [0, 0.05) is 24.0 Å². The average molecular weight is 353 g/mol. The molecule has 1 rings (SSSR count). The van der Waals surface area contributed by atoms with E-state index < -0.39 is 33.9 Å². The quantitative estimate of drug-likeness (QED) is 0.624. The van der Waals surface area contributed by atoms with Gasteiger partial charge in [0.05, 0.1) is 11.6 Å². The van der Waals surface area contributed by atoms with Crippen LogP contribution in [0.4, 0.5) is 13.2 Å². The molecular formula is C15H22F3NO3S. The highest BCUT2D eigenvalue weighted by molar-refractivity contribution is 7.90. The molecule has 1 N–H and O–H groups in total. The molecule has 1 unspecified atom stereocenters. The Labute approximate surface area is 137 Å². The summed E-state index contributed by atoms with van der Waals surface area (Å²) >= 11 is -1.43. The SMILES string of the molecule is COCOc1c([C@@H](C)N[S+]([O-])C(C)(C)C)cccc1C(F)(F)F. The van der Waals surface area contributed by atoms with Crippen molar-refractivity contribution in [2.24, 2.45) is 0 Å². The number of hydrogen-bond donors (Lipinski definition) is 1. The van der Waals surface area contributed by atoms with Gasteiger partial charge in [-0.2, -0.15) is 13.2 Å². The fourth-order valence-electron chi connectivity index (χ4n) is 1.80. The third kappa shape index (κ3) is 5.56. The number of methoxy groups -OCH3 is 1. The van der Waals surface area contributed by atoms with Gasteiger partial charge in [-0.05, 0) is 33.8 Å².